The van der Waals surface area contributed by atoms with E-state index >= 15 is 0 Å². The summed E-state index contributed by atoms with van der Waals surface area (Å²) in [5, 5.41) is 0. The molecule has 4 aromatic carbocycles. The van der Waals surface area contributed by atoms with E-state index in [1.165, 1.54) is 16.9 Å². The van der Waals surface area contributed by atoms with Crippen molar-refractivity contribution in [2.45, 2.75) is 25.5 Å². The average Bonchev–Trinajstić information content (AvgIpc) is 3.72. The van der Waals surface area contributed by atoms with Crippen molar-refractivity contribution in [3.63, 3.8) is 0 Å². The van der Waals surface area contributed by atoms with Gasteiger partial charge in [0.2, 0.25) is 6.79 Å². The van der Waals surface area contributed by atoms with Gasteiger partial charge >= 0.3 is 0 Å². The minimum absolute atomic E-state index is 0.106. The van der Waals surface area contributed by atoms with Crippen LogP contribution in [0.4, 0.5) is 0 Å². The number of benzene rings is 4. The fourth-order valence-electron chi connectivity index (χ4n) is 6.58. The van der Waals surface area contributed by atoms with E-state index in [9.17, 15) is 4.79 Å². The van der Waals surface area contributed by atoms with Gasteiger partial charge in [-0.25, -0.2) is 4.99 Å². The molecule has 0 fully saturated rings. The number of ether oxygens (including phenoxy) is 6. The lowest BCUT2D eigenvalue weighted by Crippen LogP contribution is -2.38. The van der Waals surface area contributed by atoms with Crippen LogP contribution in [0.3, 0.4) is 0 Å². The molecule has 9 nitrogen and oxygen atoms in total. The van der Waals surface area contributed by atoms with E-state index in [0.717, 1.165) is 52.1 Å². The van der Waals surface area contributed by atoms with E-state index in [-0.39, 0.29) is 18.4 Å². The predicted molar refractivity (Wildman–Crippen MR) is 182 cm³/mol. The van der Waals surface area contributed by atoms with Crippen molar-refractivity contribution in [2.24, 2.45) is 4.99 Å². The molecule has 1 aliphatic carbocycles. The Hall–Kier alpha value is -5.48. The Morgan fingerprint density at radius 3 is 2.50 bits per heavy atom. The van der Waals surface area contributed by atoms with Gasteiger partial charge in [0, 0.05) is 5.56 Å². The van der Waals surface area contributed by atoms with Crippen molar-refractivity contribution in [2.75, 3.05) is 28.1 Å². The van der Waals surface area contributed by atoms with Crippen molar-refractivity contribution < 1.29 is 28.4 Å². The molecule has 0 radical (unpaired) electrons. The van der Waals surface area contributed by atoms with E-state index in [2.05, 4.69) is 18.2 Å². The van der Waals surface area contributed by atoms with E-state index < -0.39 is 0 Å². The first-order valence-corrected chi connectivity index (χ1v) is 16.4. The number of nitrogens with zero attached hydrogens (tertiary/aromatic N) is 2. The number of fused-ring (bicyclic) bond motifs is 4. The predicted octanol–water partition coefficient (Wildman–Crippen LogP) is 5.65. The van der Waals surface area contributed by atoms with Gasteiger partial charge in [0.15, 0.2) is 39.3 Å². The van der Waals surface area contributed by atoms with E-state index in [1.54, 1.807) is 21.3 Å². The highest BCUT2D eigenvalue weighted by molar-refractivity contribution is 7.07. The number of methoxy groups -OCH3 is 3. The molecule has 3 heterocycles. The van der Waals surface area contributed by atoms with Gasteiger partial charge in [-0.1, -0.05) is 53.8 Å². The van der Waals surface area contributed by atoms with Crippen molar-refractivity contribution in [3.8, 4) is 34.5 Å². The average molecular weight is 661 g/mol. The van der Waals surface area contributed by atoms with E-state index in [1.807, 2.05) is 71.3 Å². The largest absolute Gasteiger partial charge is 0.493 e. The van der Waals surface area contributed by atoms with Gasteiger partial charge in [-0.05, 0) is 83.1 Å². The molecule has 242 valence electrons. The molecule has 1 aromatic heterocycles. The first kappa shape index (κ1) is 29.9. The molecule has 0 saturated carbocycles. The van der Waals surface area contributed by atoms with E-state index in [4.69, 9.17) is 33.4 Å². The lowest BCUT2D eigenvalue weighted by atomic mass is 9.83. The molecule has 0 unspecified atom stereocenters. The first-order valence-electron chi connectivity index (χ1n) is 15.6. The minimum Gasteiger partial charge on any atom is -0.493 e. The molecule has 0 amide bonds. The molecule has 0 spiro atoms. The Labute approximate surface area is 280 Å². The molecule has 2 aliphatic heterocycles. The molecule has 0 N–H and O–H groups in total. The molecule has 0 bridgehead atoms. The number of hydrogen-bond donors (Lipinski definition) is 0. The Bertz CT molecular complexity index is 2290. The lowest BCUT2D eigenvalue weighted by Gasteiger charge is -2.31. The number of aryl methyl sites for hydroxylation is 1. The summed E-state index contributed by atoms with van der Waals surface area (Å²) in [7, 11) is 4.84. The second-order valence-corrected chi connectivity index (χ2v) is 12.6. The third-order valence-electron chi connectivity index (χ3n) is 8.91. The van der Waals surface area contributed by atoms with E-state index in [0.29, 0.717) is 44.7 Å². The van der Waals surface area contributed by atoms with Crippen molar-refractivity contribution in [1.82, 2.24) is 4.57 Å². The normalized spacial score (nSPS) is 16.1. The Kier molecular flexibility index (Phi) is 7.64. The number of allylic oxidation sites excluding steroid dienone is 1. The molecule has 1 atom stereocenters. The summed E-state index contributed by atoms with van der Waals surface area (Å²) in [5.74, 6) is 3.83. The second kappa shape index (κ2) is 12.3. The summed E-state index contributed by atoms with van der Waals surface area (Å²) in [5.41, 5.74) is 7.02. The smallest absolute Gasteiger partial charge is 0.271 e. The summed E-state index contributed by atoms with van der Waals surface area (Å²) < 4.78 is 36.3. The van der Waals surface area contributed by atoms with Crippen LogP contribution in [-0.4, -0.2) is 32.7 Å². The Balaban J connectivity index is 1.18. The quantitative estimate of drug-likeness (QED) is 0.213. The number of hydrogen-bond acceptors (Lipinski definition) is 9. The third kappa shape index (κ3) is 5.18. The van der Waals surface area contributed by atoms with Gasteiger partial charge in [-0.2, -0.15) is 0 Å². The highest BCUT2D eigenvalue weighted by Gasteiger charge is 2.33. The first-order chi connectivity index (χ1) is 23.5. The van der Waals surface area contributed by atoms with Crippen molar-refractivity contribution in [3.05, 3.63) is 132 Å². The zero-order chi connectivity index (χ0) is 32.8. The lowest BCUT2D eigenvalue weighted by molar-refractivity contribution is 0.174. The summed E-state index contributed by atoms with van der Waals surface area (Å²) in [6, 6.07) is 25.3. The summed E-state index contributed by atoms with van der Waals surface area (Å²) in [4.78, 5) is 20.1. The Morgan fingerprint density at radius 2 is 1.65 bits per heavy atom. The van der Waals surface area contributed by atoms with Gasteiger partial charge in [-0.15, -0.1) is 0 Å². The highest BCUT2D eigenvalue weighted by atomic mass is 32.1. The Morgan fingerprint density at radius 1 is 0.854 bits per heavy atom. The minimum atomic E-state index is -0.340. The fraction of sp³-hybridized carbons (Fsp3) is 0.211. The standard InChI is InChI=1S/C38H32N2O7S/c1-42-28-15-11-25(19-32(28)44-3)36-27-12-10-24-6-4-5-7-26(24)35(27)39-38-40(36)37(41)34(48-38)18-22-8-13-29(31(16-22)43-2)45-20-23-9-14-30-33(17-23)47-21-46-30/h4-9,11,13-19,36H,10,12,20-21H2,1-3H3/b34-18+/t36-/m1/s1. The topological polar surface area (TPSA) is 89.7 Å². The van der Waals surface area contributed by atoms with Gasteiger partial charge in [0.05, 0.1) is 37.6 Å². The van der Waals surface area contributed by atoms with Crippen LogP contribution in [0.5, 0.6) is 34.5 Å². The zero-order valence-electron chi connectivity index (χ0n) is 26.6. The number of thiazole rings is 1. The molecule has 3 aliphatic rings. The van der Waals surface area contributed by atoms with Crippen LogP contribution in [0, 0.1) is 0 Å². The fourth-order valence-corrected chi connectivity index (χ4v) is 7.58. The summed E-state index contributed by atoms with van der Waals surface area (Å²) in [6.45, 7) is 0.550. The summed E-state index contributed by atoms with van der Waals surface area (Å²) in [6.07, 6.45) is 3.56. The van der Waals surface area contributed by atoms with Crippen LogP contribution < -0.4 is 43.3 Å². The van der Waals surface area contributed by atoms with Crippen LogP contribution in [0.1, 0.15) is 40.3 Å². The second-order valence-electron chi connectivity index (χ2n) is 11.6. The van der Waals surface area contributed by atoms with Crippen LogP contribution in [0.25, 0.3) is 11.8 Å². The van der Waals surface area contributed by atoms with Crippen LogP contribution in [0.2, 0.25) is 0 Å². The maximum absolute atomic E-state index is 14.3. The summed E-state index contributed by atoms with van der Waals surface area (Å²) >= 11 is 1.38. The zero-order valence-corrected chi connectivity index (χ0v) is 27.5. The monoisotopic (exact) mass is 660 g/mol. The van der Waals surface area contributed by atoms with Gasteiger partial charge in [0.25, 0.3) is 5.56 Å². The van der Waals surface area contributed by atoms with Crippen molar-refractivity contribution >= 4 is 23.1 Å². The number of rotatable bonds is 8. The van der Waals surface area contributed by atoms with Crippen LogP contribution in [-0.2, 0) is 13.0 Å². The van der Waals surface area contributed by atoms with Crippen LogP contribution >= 0.6 is 11.3 Å². The molecular weight excluding hydrogens is 628 g/mol. The number of aromatic nitrogens is 1. The maximum Gasteiger partial charge on any atom is 0.271 e. The molecule has 10 heteroatoms. The SMILES string of the molecule is COc1ccc([C@@H]2C3=C(N=c4s/c(=C/c5ccc(OCc6ccc7c(c6)OCO7)c(OC)c5)c(=O)n42)c2ccccc2CC3)cc1OC. The molecule has 48 heavy (non-hydrogen) atoms. The molecule has 0 saturated heterocycles. The van der Waals surface area contributed by atoms with Gasteiger partial charge in [0.1, 0.15) is 6.61 Å². The molecule has 8 rings (SSSR count). The van der Waals surface area contributed by atoms with Crippen molar-refractivity contribution in [1.29, 1.82) is 0 Å². The third-order valence-corrected chi connectivity index (χ3v) is 9.90. The molecular formula is C38H32N2O7S. The van der Waals surface area contributed by atoms with Gasteiger partial charge in [-0.3, -0.25) is 9.36 Å². The van der Waals surface area contributed by atoms with Gasteiger partial charge < -0.3 is 28.4 Å². The highest BCUT2D eigenvalue weighted by Crippen LogP contribution is 2.43. The van der Waals surface area contributed by atoms with Crippen LogP contribution in [0.15, 0.2) is 94.2 Å². The molecule has 5 aromatic rings. The maximum atomic E-state index is 14.3.